The van der Waals surface area contributed by atoms with Gasteiger partial charge in [-0.15, -0.1) is 0 Å². The van der Waals surface area contributed by atoms with Crippen LogP contribution in [-0.2, 0) is 17.5 Å². The smallest absolute Gasteiger partial charge is 0.192 e. The van der Waals surface area contributed by atoms with Crippen molar-refractivity contribution in [1.29, 1.82) is 0 Å². The van der Waals surface area contributed by atoms with Gasteiger partial charge < -0.3 is 9.53 Å². The first-order chi connectivity index (χ1) is 12.4. The molecule has 1 fully saturated rings. The second-order valence-electron chi connectivity index (χ2n) is 10.9. The quantitative estimate of drug-likeness (QED) is 0.625. The van der Waals surface area contributed by atoms with Crippen LogP contribution in [0.25, 0.3) is 0 Å². The van der Waals surface area contributed by atoms with Crippen molar-refractivity contribution in [3.63, 3.8) is 0 Å². The predicted octanol–water partition coefficient (Wildman–Crippen LogP) is 6.19. The van der Waals surface area contributed by atoms with Gasteiger partial charge in [0.1, 0.15) is 0 Å². The molecule has 1 N–H and O–H groups in total. The van der Waals surface area contributed by atoms with Crippen LogP contribution >= 0.6 is 0 Å². The van der Waals surface area contributed by atoms with Gasteiger partial charge in [-0.2, -0.15) is 0 Å². The van der Waals surface area contributed by atoms with Gasteiger partial charge in [-0.25, -0.2) is 0 Å². The molecule has 2 aliphatic carbocycles. The zero-order valence-corrected chi connectivity index (χ0v) is 19.7. The van der Waals surface area contributed by atoms with Gasteiger partial charge in [-0.1, -0.05) is 41.0 Å². The zero-order chi connectivity index (χ0) is 20.2. The molecular formula is C23H39NO2Si. The van der Waals surface area contributed by atoms with Crippen molar-refractivity contribution in [2.45, 2.75) is 110 Å². The van der Waals surface area contributed by atoms with Crippen LogP contribution in [0, 0.1) is 12.3 Å². The Hall–Kier alpha value is -0.713. The molecule has 1 unspecified atom stereocenters. The van der Waals surface area contributed by atoms with Crippen LogP contribution in [0.1, 0.15) is 100 Å². The second-order valence-corrected chi connectivity index (χ2v) is 15.6. The van der Waals surface area contributed by atoms with Gasteiger partial charge in [0.15, 0.2) is 8.32 Å². The monoisotopic (exact) mass is 389 g/mol. The number of pyridine rings is 1. The SMILES string of the molecule is Cc1c(CO)c(C(C)C)nc2c1C(O[Si](C)(C)C(C)(C)C)CC1(CCC1)C2. The fourth-order valence-electron chi connectivity index (χ4n) is 4.70. The highest BCUT2D eigenvalue weighted by molar-refractivity contribution is 6.74. The fraction of sp³-hybridized carbons (Fsp3) is 0.783. The summed E-state index contributed by atoms with van der Waals surface area (Å²) in [5.41, 5.74) is 6.28. The third-order valence-corrected chi connectivity index (χ3v) is 12.1. The summed E-state index contributed by atoms with van der Waals surface area (Å²) in [5, 5.41) is 10.3. The Bertz CT molecular complexity index is 714. The van der Waals surface area contributed by atoms with E-state index >= 15 is 0 Å². The minimum atomic E-state index is -1.89. The fourth-order valence-corrected chi connectivity index (χ4v) is 5.96. The molecule has 27 heavy (non-hydrogen) atoms. The van der Waals surface area contributed by atoms with E-state index in [0.717, 1.165) is 24.1 Å². The summed E-state index contributed by atoms with van der Waals surface area (Å²) in [7, 11) is -1.89. The van der Waals surface area contributed by atoms with E-state index in [1.165, 1.54) is 36.1 Å². The number of aliphatic hydroxyl groups excluding tert-OH is 1. The number of aliphatic hydroxyl groups is 1. The van der Waals surface area contributed by atoms with Gasteiger partial charge in [-0.3, -0.25) is 4.98 Å². The van der Waals surface area contributed by atoms with E-state index < -0.39 is 8.32 Å². The van der Waals surface area contributed by atoms with Crippen molar-refractivity contribution in [1.82, 2.24) is 4.98 Å². The zero-order valence-electron chi connectivity index (χ0n) is 18.7. The number of rotatable bonds is 4. The van der Waals surface area contributed by atoms with E-state index in [1.54, 1.807) is 0 Å². The van der Waals surface area contributed by atoms with Gasteiger partial charge in [0.25, 0.3) is 0 Å². The predicted molar refractivity (Wildman–Crippen MR) is 115 cm³/mol. The maximum atomic E-state index is 10.1. The molecule has 1 aromatic rings. The van der Waals surface area contributed by atoms with Crippen molar-refractivity contribution >= 4 is 8.32 Å². The van der Waals surface area contributed by atoms with E-state index in [0.29, 0.717) is 11.3 Å². The molecule has 0 aromatic carbocycles. The molecule has 0 radical (unpaired) electrons. The summed E-state index contributed by atoms with van der Waals surface area (Å²) >= 11 is 0. The molecule has 0 aliphatic heterocycles. The van der Waals surface area contributed by atoms with E-state index in [1.807, 2.05) is 0 Å². The third kappa shape index (κ3) is 3.65. The molecule has 152 valence electrons. The lowest BCUT2D eigenvalue weighted by Crippen LogP contribution is -2.46. The first-order valence-electron chi connectivity index (χ1n) is 10.7. The van der Waals surface area contributed by atoms with E-state index in [-0.39, 0.29) is 17.7 Å². The lowest BCUT2D eigenvalue weighted by molar-refractivity contribution is 0.0295. The molecule has 2 aliphatic rings. The Morgan fingerprint density at radius 1 is 1.26 bits per heavy atom. The first kappa shape index (κ1) is 21.0. The third-order valence-electron chi connectivity index (χ3n) is 7.58. The van der Waals surface area contributed by atoms with Gasteiger partial charge in [0.05, 0.1) is 12.7 Å². The average Bonchev–Trinajstić information content (AvgIpc) is 2.50. The lowest BCUT2D eigenvalue weighted by Gasteiger charge is -2.50. The Balaban J connectivity index is 2.11. The Morgan fingerprint density at radius 2 is 1.89 bits per heavy atom. The molecule has 3 nitrogen and oxygen atoms in total. The highest BCUT2D eigenvalue weighted by Crippen LogP contribution is 2.56. The molecule has 0 bridgehead atoms. The molecule has 0 amide bonds. The number of hydrogen-bond donors (Lipinski definition) is 1. The summed E-state index contributed by atoms with van der Waals surface area (Å²) in [6.07, 6.45) is 6.31. The summed E-state index contributed by atoms with van der Waals surface area (Å²) in [4.78, 5) is 5.14. The van der Waals surface area contributed by atoms with Crippen molar-refractivity contribution in [3.05, 3.63) is 28.1 Å². The van der Waals surface area contributed by atoms with E-state index in [9.17, 15) is 5.11 Å². The summed E-state index contributed by atoms with van der Waals surface area (Å²) < 4.78 is 7.00. The molecule has 1 heterocycles. The molecule has 4 heteroatoms. The molecule has 3 rings (SSSR count). The number of aromatic nitrogens is 1. The van der Waals surface area contributed by atoms with Crippen molar-refractivity contribution < 1.29 is 9.53 Å². The van der Waals surface area contributed by atoms with Crippen LogP contribution < -0.4 is 0 Å². The van der Waals surface area contributed by atoms with Crippen LogP contribution in [0.15, 0.2) is 0 Å². The molecule has 1 spiro atoms. The molecule has 1 atom stereocenters. The van der Waals surface area contributed by atoms with Crippen molar-refractivity contribution in [2.75, 3.05) is 0 Å². The maximum Gasteiger partial charge on any atom is 0.192 e. The summed E-state index contributed by atoms with van der Waals surface area (Å²) in [6.45, 7) is 18.3. The lowest BCUT2D eigenvalue weighted by atomic mass is 9.59. The van der Waals surface area contributed by atoms with Crippen LogP contribution in [-0.4, -0.2) is 18.4 Å². The second kappa shape index (κ2) is 6.96. The first-order valence-corrected chi connectivity index (χ1v) is 13.6. The average molecular weight is 390 g/mol. The molecule has 0 saturated heterocycles. The van der Waals surface area contributed by atoms with E-state index in [2.05, 4.69) is 54.6 Å². The van der Waals surface area contributed by atoms with Gasteiger partial charge in [-0.05, 0) is 67.6 Å². The highest BCUT2D eigenvalue weighted by atomic mass is 28.4. The van der Waals surface area contributed by atoms with Gasteiger partial charge >= 0.3 is 0 Å². The van der Waals surface area contributed by atoms with Crippen LogP contribution in [0.4, 0.5) is 0 Å². The number of hydrogen-bond acceptors (Lipinski definition) is 3. The topological polar surface area (TPSA) is 42.4 Å². The van der Waals surface area contributed by atoms with Gasteiger partial charge in [0, 0.05) is 22.5 Å². The minimum Gasteiger partial charge on any atom is -0.410 e. The van der Waals surface area contributed by atoms with E-state index in [4.69, 9.17) is 9.41 Å². The normalized spacial score (nSPS) is 22.1. The molecule has 1 saturated carbocycles. The minimum absolute atomic E-state index is 0.0670. The van der Waals surface area contributed by atoms with Crippen molar-refractivity contribution in [3.8, 4) is 0 Å². The standard InChI is InChI=1S/C23H39NO2Si/c1-15(2)21-17(14-25)16(3)20-18(24-21)12-23(10-9-11-23)13-19(20)26-27(7,8)22(4,5)6/h15,19,25H,9-14H2,1-8H3. The maximum absolute atomic E-state index is 10.1. The molecule has 1 aromatic heterocycles. The number of nitrogens with zero attached hydrogens (tertiary/aromatic N) is 1. The van der Waals surface area contributed by atoms with Crippen LogP contribution in [0.2, 0.25) is 18.1 Å². The van der Waals surface area contributed by atoms with Crippen LogP contribution in [0.5, 0.6) is 0 Å². The Kier molecular flexibility index (Phi) is 5.42. The highest BCUT2D eigenvalue weighted by Gasteiger charge is 2.48. The molecular weight excluding hydrogens is 350 g/mol. The van der Waals surface area contributed by atoms with Gasteiger partial charge in [0.2, 0.25) is 0 Å². The number of fused-ring (bicyclic) bond motifs is 1. The Morgan fingerprint density at radius 3 is 2.33 bits per heavy atom. The summed E-state index contributed by atoms with van der Waals surface area (Å²) in [6, 6.07) is 0. The van der Waals surface area contributed by atoms with Crippen molar-refractivity contribution in [2.24, 2.45) is 5.41 Å². The van der Waals surface area contributed by atoms with Crippen LogP contribution in [0.3, 0.4) is 0 Å². The summed E-state index contributed by atoms with van der Waals surface area (Å²) in [5.74, 6) is 0.329. The largest absolute Gasteiger partial charge is 0.410 e. The Labute approximate surface area is 167 Å².